The molecule has 0 aromatic heterocycles. The van der Waals surface area contributed by atoms with Crippen LogP contribution in [0.1, 0.15) is 26.3 Å². The average molecular weight is 324 g/mol. The second-order valence-electron chi connectivity index (χ2n) is 6.31. The topological polar surface area (TPSA) is 71.0 Å². The summed E-state index contributed by atoms with van der Waals surface area (Å²) in [5.74, 6) is 0.250. The van der Waals surface area contributed by atoms with E-state index in [1.165, 1.54) is 0 Å². The number of rotatable bonds is 8. The summed E-state index contributed by atoms with van der Waals surface area (Å²) in [5, 5.41) is 12.7. The highest BCUT2D eigenvalue weighted by Crippen LogP contribution is 2.11. The van der Waals surface area contributed by atoms with Crippen molar-refractivity contribution in [2.24, 2.45) is 0 Å². The van der Waals surface area contributed by atoms with Crippen molar-refractivity contribution in [3.05, 3.63) is 29.8 Å². The fourth-order valence-corrected chi connectivity index (χ4v) is 1.94. The number of phenolic OH excluding ortho intramolecular Hbond substituents is 1. The molecule has 130 valence electrons. The SMILES string of the molecule is COCCN(CCNCc1cccc(O)c1)C(=O)OC(C)(C)C. The smallest absolute Gasteiger partial charge is 0.410 e. The second kappa shape index (κ2) is 9.37. The predicted molar refractivity (Wildman–Crippen MR) is 89.5 cm³/mol. The van der Waals surface area contributed by atoms with Crippen molar-refractivity contribution < 1.29 is 19.4 Å². The van der Waals surface area contributed by atoms with Crippen molar-refractivity contribution in [1.29, 1.82) is 0 Å². The van der Waals surface area contributed by atoms with Gasteiger partial charge in [-0.2, -0.15) is 0 Å². The van der Waals surface area contributed by atoms with E-state index in [0.717, 1.165) is 5.56 Å². The van der Waals surface area contributed by atoms with E-state index < -0.39 is 5.60 Å². The molecule has 0 unspecified atom stereocenters. The van der Waals surface area contributed by atoms with Crippen LogP contribution in [0.2, 0.25) is 0 Å². The molecule has 0 heterocycles. The Morgan fingerprint density at radius 1 is 1.30 bits per heavy atom. The van der Waals surface area contributed by atoms with E-state index in [9.17, 15) is 9.90 Å². The number of amides is 1. The Kier molecular flexibility index (Phi) is 7.85. The summed E-state index contributed by atoms with van der Waals surface area (Å²) in [5.41, 5.74) is 0.475. The number of hydrogen-bond donors (Lipinski definition) is 2. The molecule has 6 nitrogen and oxygen atoms in total. The molecular weight excluding hydrogens is 296 g/mol. The first-order valence-electron chi connectivity index (χ1n) is 7.77. The van der Waals surface area contributed by atoms with Crippen LogP contribution in [0.25, 0.3) is 0 Å². The Morgan fingerprint density at radius 2 is 2.04 bits per heavy atom. The first-order valence-corrected chi connectivity index (χ1v) is 7.77. The maximum absolute atomic E-state index is 12.2. The van der Waals surface area contributed by atoms with E-state index in [1.54, 1.807) is 30.2 Å². The van der Waals surface area contributed by atoms with Crippen LogP contribution >= 0.6 is 0 Å². The van der Waals surface area contributed by atoms with Gasteiger partial charge >= 0.3 is 6.09 Å². The van der Waals surface area contributed by atoms with Crippen molar-refractivity contribution in [2.45, 2.75) is 32.9 Å². The standard InChI is InChI=1S/C17H28N2O4/c1-17(2,3)23-16(21)19(10-11-22-4)9-8-18-13-14-6-5-7-15(20)12-14/h5-7,12,18,20H,8-11,13H2,1-4H3. The Balaban J connectivity index is 2.42. The molecule has 23 heavy (non-hydrogen) atoms. The van der Waals surface area contributed by atoms with E-state index in [0.29, 0.717) is 32.8 Å². The van der Waals surface area contributed by atoms with E-state index >= 15 is 0 Å². The minimum Gasteiger partial charge on any atom is -0.508 e. The molecule has 1 amide bonds. The van der Waals surface area contributed by atoms with Gasteiger partial charge in [-0.3, -0.25) is 0 Å². The van der Waals surface area contributed by atoms with Gasteiger partial charge in [-0.1, -0.05) is 12.1 Å². The van der Waals surface area contributed by atoms with Crippen LogP contribution < -0.4 is 5.32 Å². The third kappa shape index (κ3) is 8.42. The molecule has 0 spiro atoms. The summed E-state index contributed by atoms with van der Waals surface area (Å²) in [7, 11) is 1.60. The number of nitrogens with one attached hydrogen (secondary N) is 1. The summed E-state index contributed by atoms with van der Waals surface area (Å²) in [6.45, 7) is 8.26. The zero-order valence-corrected chi connectivity index (χ0v) is 14.5. The molecule has 0 bridgehead atoms. The number of phenols is 1. The van der Waals surface area contributed by atoms with Crippen LogP contribution in [0, 0.1) is 0 Å². The van der Waals surface area contributed by atoms with Crippen LogP contribution in [-0.4, -0.2) is 55.1 Å². The minimum absolute atomic E-state index is 0.250. The predicted octanol–water partition coefficient (Wildman–Crippen LogP) is 2.37. The van der Waals surface area contributed by atoms with Crippen molar-refractivity contribution >= 4 is 6.09 Å². The highest BCUT2D eigenvalue weighted by Gasteiger charge is 2.21. The normalized spacial score (nSPS) is 11.3. The van der Waals surface area contributed by atoms with Crippen LogP contribution in [-0.2, 0) is 16.0 Å². The summed E-state index contributed by atoms with van der Waals surface area (Å²) in [6, 6.07) is 7.09. The average Bonchev–Trinajstić information content (AvgIpc) is 2.44. The van der Waals surface area contributed by atoms with Gasteiger partial charge in [0.25, 0.3) is 0 Å². The molecule has 1 rings (SSSR count). The van der Waals surface area contributed by atoms with Gasteiger partial charge in [-0.25, -0.2) is 4.79 Å². The molecular formula is C17H28N2O4. The number of aromatic hydroxyl groups is 1. The lowest BCUT2D eigenvalue weighted by atomic mass is 10.2. The van der Waals surface area contributed by atoms with E-state index in [4.69, 9.17) is 9.47 Å². The van der Waals surface area contributed by atoms with Crippen LogP contribution in [0.3, 0.4) is 0 Å². The molecule has 2 N–H and O–H groups in total. The molecule has 6 heteroatoms. The highest BCUT2D eigenvalue weighted by molar-refractivity contribution is 5.68. The molecule has 0 aliphatic carbocycles. The summed E-state index contributed by atoms with van der Waals surface area (Å²) >= 11 is 0. The van der Waals surface area contributed by atoms with Gasteiger partial charge in [0.15, 0.2) is 0 Å². The van der Waals surface area contributed by atoms with Crippen LogP contribution in [0.15, 0.2) is 24.3 Å². The van der Waals surface area contributed by atoms with Gasteiger partial charge in [0.05, 0.1) is 6.61 Å². The number of carbonyl (C=O) groups excluding carboxylic acids is 1. The van der Waals surface area contributed by atoms with E-state index in [1.807, 2.05) is 26.8 Å². The molecule has 0 aliphatic heterocycles. The second-order valence-corrected chi connectivity index (χ2v) is 6.31. The van der Waals surface area contributed by atoms with Gasteiger partial charge in [0, 0.05) is 33.3 Å². The largest absolute Gasteiger partial charge is 0.508 e. The summed E-state index contributed by atoms with van der Waals surface area (Å²) in [4.78, 5) is 13.8. The number of carbonyl (C=O) groups is 1. The molecule has 0 fully saturated rings. The molecule has 0 radical (unpaired) electrons. The lowest BCUT2D eigenvalue weighted by Crippen LogP contribution is -2.42. The van der Waals surface area contributed by atoms with Crippen molar-refractivity contribution in [3.63, 3.8) is 0 Å². The molecule has 1 aromatic carbocycles. The summed E-state index contributed by atoms with van der Waals surface area (Å²) in [6.07, 6.45) is -0.339. The third-order valence-corrected chi connectivity index (χ3v) is 3.02. The Hall–Kier alpha value is -1.79. The molecule has 0 atom stereocenters. The van der Waals surface area contributed by atoms with Gasteiger partial charge in [-0.15, -0.1) is 0 Å². The van der Waals surface area contributed by atoms with Gasteiger partial charge < -0.3 is 24.8 Å². The van der Waals surface area contributed by atoms with Crippen molar-refractivity contribution in [1.82, 2.24) is 10.2 Å². The van der Waals surface area contributed by atoms with Gasteiger partial charge in [-0.05, 0) is 38.5 Å². The van der Waals surface area contributed by atoms with Crippen molar-refractivity contribution in [2.75, 3.05) is 33.4 Å². The number of benzene rings is 1. The van der Waals surface area contributed by atoms with Crippen LogP contribution in [0.5, 0.6) is 5.75 Å². The van der Waals surface area contributed by atoms with E-state index in [-0.39, 0.29) is 11.8 Å². The Morgan fingerprint density at radius 3 is 2.65 bits per heavy atom. The number of ether oxygens (including phenoxy) is 2. The fourth-order valence-electron chi connectivity index (χ4n) is 1.94. The Labute approximate surface area is 138 Å². The fraction of sp³-hybridized carbons (Fsp3) is 0.588. The van der Waals surface area contributed by atoms with Gasteiger partial charge in [0.1, 0.15) is 11.4 Å². The quantitative estimate of drug-likeness (QED) is 0.718. The minimum atomic E-state index is -0.516. The first kappa shape index (κ1) is 19.3. The third-order valence-electron chi connectivity index (χ3n) is 3.02. The zero-order chi connectivity index (χ0) is 17.3. The molecule has 0 aliphatic rings. The lowest BCUT2D eigenvalue weighted by Gasteiger charge is -2.27. The lowest BCUT2D eigenvalue weighted by molar-refractivity contribution is 0.0204. The molecule has 1 aromatic rings. The van der Waals surface area contributed by atoms with E-state index in [2.05, 4.69) is 5.32 Å². The highest BCUT2D eigenvalue weighted by atomic mass is 16.6. The Bertz CT molecular complexity index is 486. The van der Waals surface area contributed by atoms with Gasteiger partial charge in [0.2, 0.25) is 0 Å². The van der Waals surface area contributed by atoms with Crippen molar-refractivity contribution in [3.8, 4) is 5.75 Å². The first-order chi connectivity index (χ1) is 10.8. The maximum Gasteiger partial charge on any atom is 0.410 e. The number of methoxy groups -OCH3 is 1. The molecule has 0 saturated heterocycles. The maximum atomic E-state index is 12.2. The van der Waals surface area contributed by atoms with Crippen LogP contribution in [0.4, 0.5) is 4.79 Å². The molecule has 0 saturated carbocycles. The zero-order valence-electron chi connectivity index (χ0n) is 14.5. The monoisotopic (exact) mass is 324 g/mol. The number of hydrogen-bond acceptors (Lipinski definition) is 5. The summed E-state index contributed by atoms with van der Waals surface area (Å²) < 4.78 is 10.4. The number of nitrogens with zero attached hydrogens (tertiary/aromatic N) is 1.